The summed E-state index contributed by atoms with van der Waals surface area (Å²) < 4.78 is 6.61. The van der Waals surface area contributed by atoms with Gasteiger partial charge < -0.3 is 14.7 Å². The summed E-state index contributed by atoms with van der Waals surface area (Å²) in [6, 6.07) is 7.67. The Bertz CT molecular complexity index is 408. The van der Waals surface area contributed by atoms with Crippen LogP contribution in [0.5, 0.6) is 5.75 Å². The molecule has 0 saturated heterocycles. The molecule has 0 saturated carbocycles. The second-order valence-electron chi connectivity index (χ2n) is 5.01. The minimum absolute atomic E-state index is 0.151. The average molecular weight is 358 g/mol. The number of ether oxygens (including phenoxy) is 1. The predicted octanol–water partition coefficient (Wildman–Crippen LogP) is 3.23. The lowest BCUT2D eigenvalue weighted by atomic mass is 10.2. The zero-order valence-electron chi connectivity index (χ0n) is 12.6. The van der Waals surface area contributed by atoms with Gasteiger partial charge in [-0.05, 0) is 49.9 Å². The molecule has 0 bridgehead atoms. The first kappa shape index (κ1) is 18.0. The highest BCUT2D eigenvalue weighted by molar-refractivity contribution is 9.10. The van der Waals surface area contributed by atoms with E-state index in [1.807, 2.05) is 31.3 Å². The summed E-state index contributed by atoms with van der Waals surface area (Å²) >= 11 is 3.37. The van der Waals surface area contributed by atoms with Gasteiger partial charge in [-0.25, -0.2) is 0 Å². The van der Waals surface area contributed by atoms with E-state index < -0.39 is 0 Å². The number of unbranched alkanes of at least 4 members (excludes halogenated alkanes) is 2. The second kappa shape index (κ2) is 10.6. The van der Waals surface area contributed by atoms with Crippen LogP contribution < -0.4 is 4.74 Å². The summed E-state index contributed by atoms with van der Waals surface area (Å²) in [6.45, 7) is 1.53. The SMILES string of the molecule is CN(CCCCCO)C(=O)CCCOc1ccc(Br)cc1. The van der Waals surface area contributed by atoms with Gasteiger partial charge in [0.15, 0.2) is 0 Å². The van der Waals surface area contributed by atoms with Crippen molar-refractivity contribution in [3.63, 3.8) is 0 Å². The Labute approximate surface area is 135 Å². The van der Waals surface area contributed by atoms with Crippen LogP contribution in [0.25, 0.3) is 0 Å². The van der Waals surface area contributed by atoms with Crippen LogP contribution in [0.2, 0.25) is 0 Å². The monoisotopic (exact) mass is 357 g/mol. The molecule has 0 spiro atoms. The van der Waals surface area contributed by atoms with E-state index in [9.17, 15) is 4.79 Å². The number of nitrogens with zero attached hydrogens (tertiary/aromatic N) is 1. The summed E-state index contributed by atoms with van der Waals surface area (Å²) in [6.07, 6.45) is 3.94. The van der Waals surface area contributed by atoms with Crippen LogP contribution in [-0.2, 0) is 4.79 Å². The highest BCUT2D eigenvalue weighted by Crippen LogP contribution is 2.16. The number of aliphatic hydroxyl groups excluding tert-OH is 1. The number of hydrogen-bond donors (Lipinski definition) is 1. The summed E-state index contributed by atoms with van der Waals surface area (Å²) in [5.41, 5.74) is 0. The van der Waals surface area contributed by atoms with Crippen LogP contribution in [-0.4, -0.2) is 42.7 Å². The molecule has 1 aromatic rings. The number of carbonyl (C=O) groups excluding carboxylic acids is 1. The third-order valence-corrected chi connectivity index (χ3v) is 3.72. The van der Waals surface area contributed by atoms with Crippen molar-refractivity contribution in [3.05, 3.63) is 28.7 Å². The van der Waals surface area contributed by atoms with E-state index in [0.717, 1.165) is 42.5 Å². The molecule has 1 rings (SSSR count). The number of halogens is 1. The van der Waals surface area contributed by atoms with Crippen molar-refractivity contribution in [1.29, 1.82) is 0 Å². The molecule has 5 heteroatoms. The highest BCUT2D eigenvalue weighted by Gasteiger charge is 2.07. The van der Waals surface area contributed by atoms with Gasteiger partial charge in [-0.1, -0.05) is 15.9 Å². The van der Waals surface area contributed by atoms with Gasteiger partial charge in [-0.2, -0.15) is 0 Å². The van der Waals surface area contributed by atoms with Crippen molar-refractivity contribution < 1.29 is 14.6 Å². The Morgan fingerprint density at radius 3 is 2.57 bits per heavy atom. The number of amides is 1. The zero-order chi connectivity index (χ0) is 15.5. The Hall–Kier alpha value is -1.07. The van der Waals surface area contributed by atoms with E-state index in [1.54, 1.807) is 4.90 Å². The lowest BCUT2D eigenvalue weighted by Gasteiger charge is -2.17. The predicted molar refractivity (Wildman–Crippen MR) is 87.4 cm³/mol. The van der Waals surface area contributed by atoms with Crippen molar-refractivity contribution in [3.8, 4) is 5.75 Å². The number of benzene rings is 1. The quantitative estimate of drug-likeness (QED) is 0.654. The number of aliphatic hydroxyl groups is 1. The third kappa shape index (κ3) is 8.07. The van der Waals surface area contributed by atoms with Crippen molar-refractivity contribution >= 4 is 21.8 Å². The smallest absolute Gasteiger partial charge is 0.222 e. The second-order valence-corrected chi connectivity index (χ2v) is 5.92. The van der Waals surface area contributed by atoms with Crippen molar-refractivity contribution in [2.24, 2.45) is 0 Å². The molecule has 0 radical (unpaired) electrons. The fourth-order valence-electron chi connectivity index (χ4n) is 1.90. The first-order valence-corrected chi connectivity index (χ1v) is 8.16. The topological polar surface area (TPSA) is 49.8 Å². The largest absolute Gasteiger partial charge is 0.494 e. The minimum atomic E-state index is 0.151. The standard InChI is InChI=1S/C16H24BrNO3/c1-18(11-3-2-4-12-19)16(20)6-5-13-21-15-9-7-14(17)8-10-15/h7-10,19H,2-6,11-13H2,1H3. The maximum Gasteiger partial charge on any atom is 0.222 e. The minimum Gasteiger partial charge on any atom is -0.494 e. The molecular formula is C16H24BrNO3. The third-order valence-electron chi connectivity index (χ3n) is 3.19. The van der Waals surface area contributed by atoms with Crippen LogP contribution >= 0.6 is 15.9 Å². The molecule has 0 aromatic heterocycles. The van der Waals surface area contributed by atoms with E-state index in [2.05, 4.69) is 15.9 Å². The fourth-order valence-corrected chi connectivity index (χ4v) is 2.16. The maximum atomic E-state index is 11.9. The summed E-state index contributed by atoms with van der Waals surface area (Å²) in [5, 5.41) is 8.70. The Kier molecular flexibility index (Phi) is 9.10. The fraction of sp³-hybridized carbons (Fsp3) is 0.562. The molecule has 0 atom stereocenters. The van der Waals surface area contributed by atoms with Crippen LogP contribution in [0.4, 0.5) is 0 Å². The lowest BCUT2D eigenvalue weighted by Crippen LogP contribution is -2.27. The summed E-state index contributed by atoms with van der Waals surface area (Å²) in [4.78, 5) is 13.6. The molecule has 1 N–H and O–H groups in total. The lowest BCUT2D eigenvalue weighted by molar-refractivity contribution is -0.130. The molecule has 21 heavy (non-hydrogen) atoms. The van der Waals surface area contributed by atoms with Gasteiger partial charge in [0.1, 0.15) is 5.75 Å². The molecule has 0 aliphatic carbocycles. The molecule has 0 aliphatic heterocycles. The van der Waals surface area contributed by atoms with Crippen LogP contribution in [0, 0.1) is 0 Å². The van der Waals surface area contributed by atoms with Gasteiger partial charge in [0.05, 0.1) is 6.61 Å². The highest BCUT2D eigenvalue weighted by atomic mass is 79.9. The molecule has 1 amide bonds. The molecule has 118 valence electrons. The van der Waals surface area contributed by atoms with E-state index >= 15 is 0 Å². The molecular weight excluding hydrogens is 334 g/mol. The van der Waals surface area contributed by atoms with Crippen LogP contribution in [0.3, 0.4) is 0 Å². The number of rotatable bonds is 10. The van der Waals surface area contributed by atoms with E-state index in [1.165, 1.54) is 0 Å². The molecule has 4 nitrogen and oxygen atoms in total. The van der Waals surface area contributed by atoms with Crippen molar-refractivity contribution in [1.82, 2.24) is 4.90 Å². The van der Waals surface area contributed by atoms with E-state index in [4.69, 9.17) is 9.84 Å². The van der Waals surface area contributed by atoms with Gasteiger partial charge in [0.2, 0.25) is 5.91 Å². The van der Waals surface area contributed by atoms with Crippen molar-refractivity contribution in [2.45, 2.75) is 32.1 Å². The Morgan fingerprint density at radius 2 is 1.90 bits per heavy atom. The van der Waals surface area contributed by atoms with Gasteiger partial charge in [0.25, 0.3) is 0 Å². The zero-order valence-corrected chi connectivity index (χ0v) is 14.1. The normalized spacial score (nSPS) is 10.4. The molecule has 0 fully saturated rings. The molecule has 1 aromatic carbocycles. The maximum absolute atomic E-state index is 11.9. The van der Waals surface area contributed by atoms with Gasteiger partial charge >= 0.3 is 0 Å². The molecule has 0 heterocycles. The molecule has 0 unspecified atom stereocenters. The Balaban J connectivity index is 2.10. The van der Waals surface area contributed by atoms with Crippen LogP contribution in [0.15, 0.2) is 28.7 Å². The molecule has 0 aliphatic rings. The Morgan fingerprint density at radius 1 is 1.19 bits per heavy atom. The summed E-state index contributed by atoms with van der Waals surface area (Å²) in [5.74, 6) is 0.974. The van der Waals surface area contributed by atoms with E-state index in [0.29, 0.717) is 13.0 Å². The van der Waals surface area contributed by atoms with Gasteiger partial charge in [-0.15, -0.1) is 0 Å². The first-order chi connectivity index (χ1) is 10.1. The van der Waals surface area contributed by atoms with Gasteiger partial charge in [-0.3, -0.25) is 4.79 Å². The van der Waals surface area contributed by atoms with Crippen molar-refractivity contribution in [2.75, 3.05) is 26.8 Å². The van der Waals surface area contributed by atoms with Gasteiger partial charge in [0, 0.05) is 31.1 Å². The number of carbonyl (C=O) groups is 1. The number of hydrogen-bond acceptors (Lipinski definition) is 3. The first-order valence-electron chi connectivity index (χ1n) is 7.36. The average Bonchev–Trinajstić information content (AvgIpc) is 2.49. The summed E-state index contributed by atoms with van der Waals surface area (Å²) in [7, 11) is 1.83. The van der Waals surface area contributed by atoms with Crippen LogP contribution in [0.1, 0.15) is 32.1 Å². The van der Waals surface area contributed by atoms with E-state index in [-0.39, 0.29) is 12.5 Å².